The number of hydrogen-bond donors (Lipinski definition) is 0. The quantitative estimate of drug-likeness (QED) is 0.658. The zero-order valence-corrected chi connectivity index (χ0v) is 7.79. The van der Waals surface area contributed by atoms with Crippen LogP contribution >= 0.6 is 0 Å². The molecule has 0 bridgehead atoms. The van der Waals surface area contributed by atoms with Crippen molar-refractivity contribution in [1.82, 2.24) is 4.98 Å². The number of pyridine rings is 1. The molecule has 0 aromatic carbocycles. The Morgan fingerprint density at radius 3 is 3.00 bits per heavy atom. The number of rotatable bonds is 3. The maximum Gasteiger partial charge on any atom is 0.124 e. The highest BCUT2D eigenvalue weighted by atomic mass is 16.1. The average molecular weight is 175 g/mol. The molecule has 0 radical (unpaired) electrons. The molecule has 1 aliphatic rings. The largest absolute Gasteiger partial charge is 0.303 e. The zero-order chi connectivity index (χ0) is 9.26. The number of aryl methyl sites for hydroxylation is 1. The van der Waals surface area contributed by atoms with Crippen molar-refractivity contribution in [3.8, 4) is 0 Å². The Balaban J connectivity index is 2.35. The van der Waals surface area contributed by atoms with E-state index >= 15 is 0 Å². The van der Waals surface area contributed by atoms with Gasteiger partial charge in [0.05, 0.1) is 0 Å². The number of carbonyl (C=O) groups excluding carboxylic acids is 1. The third kappa shape index (κ3) is 1.77. The third-order valence-corrected chi connectivity index (χ3v) is 2.48. The molecule has 1 aromatic rings. The Kier molecular flexibility index (Phi) is 2.13. The van der Waals surface area contributed by atoms with Gasteiger partial charge < -0.3 is 4.79 Å². The molecule has 0 aliphatic heterocycles. The monoisotopic (exact) mass is 175 g/mol. The number of carbonyl (C=O) groups is 1. The minimum Gasteiger partial charge on any atom is -0.303 e. The molecule has 1 aromatic heterocycles. The van der Waals surface area contributed by atoms with E-state index in [1.165, 1.54) is 18.4 Å². The summed E-state index contributed by atoms with van der Waals surface area (Å²) in [6.07, 6.45) is 5.86. The van der Waals surface area contributed by atoms with E-state index in [-0.39, 0.29) is 0 Å². The lowest BCUT2D eigenvalue weighted by atomic mass is 10.0. The number of aldehydes is 1. The molecule has 0 unspecified atom stereocenters. The number of aromatic nitrogens is 1. The minimum atomic E-state index is 0.513. The van der Waals surface area contributed by atoms with Gasteiger partial charge in [-0.05, 0) is 42.9 Å². The number of hydrogen-bond acceptors (Lipinski definition) is 2. The van der Waals surface area contributed by atoms with Gasteiger partial charge in [0, 0.05) is 18.3 Å². The van der Waals surface area contributed by atoms with Crippen LogP contribution in [0.1, 0.15) is 35.6 Å². The van der Waals surface area contributed by atoms with Gasteiger partial charge in [-0.3, -0.25) is 4.98 Å². The van der Waals surface area contributed by atoms with Crippen LogP contribution in [0.5, 0.6) is 0 Å². The normalized spacial score (nSPS) is 15.8. The highest BCUT2D eigenvalue weighted by molar-refractivity contribution is 5.56. The van der Waals surface area contributed by atoms with Crippen molar-refractivity contribution in [3.05, 3.63) is 29.1 Å². The second kappa shape index (κ2) is 3.29. The molecule has 1 saturated carbocycles. The van der Waals surface area contributed by atoms with Crippen molar-refractivity contribution in [2.45, 2.75) is 32.1 Å². The van der Waals surface area contributed by atoms with E-state index in [4.69, 9.17) is 0 Å². The second-order valence-corrected chi connectivity index (χ2v) is 3.67. The molecule has 0 amide bonds. The lowest BCUT2D eigenvalue weighted by Crippen LogP contribution is -1.96. The van der Waals surface area contributed by atoms with Crippen LogP contribution in [0.3, 0.4) is 0 Å². The van der Waals surface area contributed by atoms with Gasteiger partial charge in [-0.1, -0.05) is 0 Å². The van der Waals surface area contributed by atoms with Crippen molar-refractivity contribution >= 4 is 6.29 Å². The van der Waals surface area contributed by atoms with Gasteiger partial charge in [0.2, 0.25) is 0 Å². The lowest BCUT2D eigenvalue weighted by Gasteiger charge is -2.05. The molecule has 0 saturated heterocycles. The minimum absolute atomic E-state index is 0.513. The van der Waals surface area contributed by atoms with Crippen LogP contribution in [0.25, 0.3) is 0 Å². The Morgan fingerprint density at radius 1 is 1.62 bits per heavy atom. The summed E-state index contributed by atoms with van der Waals surface area (Å²) >= 11 is 0. The highest BCUT2D eigenvalue weighted by Crippen LogP contribution is 2.41. The van der Waals surface area contributed by atoms with Crippen molar-refractivity contribution in [1.29, 1.82) is 0 Å². The summed E-state index contributed by atoms with van der Waals surface area (Å²) in [5.41, 5.74) is 3.51. The molecule has 2 rings (SSSR count). The predicted octanol–water partition coefficient (Wildman–Crippen LogP) is 2.01. The summed E-state index contributed by atoms with van der Waals surface area (Å²) in [7, 11) is 0. The molecule has 0 N–H and O–H groups in total. The standard InChI is InChI=1S/C11H13NO/c1-8-6-11(9-2-3-9)10(4-5-13)7-12-8/h5-7,9H,2-4H2,1H3. The molecule has 0 atom stereocenters. The van der Waals surface area contributed by atoms with E-state index in [0.29, 0.717) is 12.3 Å². The predicted molar refractivity (Wildman–Crippen MR) is 50.7 cm³/mol. The summed E-state index contributed by atoms with van der Waals surface area (Å²) < 4.78 is 0. The van der Waals surface area contributed by atoms with Crippen molar-refractivity contribution in [2.75, 3.05) is 0 Å². The van der Waals surface area contributed by atoms with Gasteiger partial charge in [-0.2, -0.15) is 0 Å². The fraction of sp³-hybridized carbons (Fsp3) is 0.455. The SMILES string of the molecule is Cc1cc(C2CC2)c(CC=O)cn1. The van der Waals surface area contributed by atoms with Crippen LogP contribution in [-0.4, -0.2) is 11.3 Å². The number of nitrogens with zero attached hydrogens (tertiary/aromatic N) is 1. The molecule has 2 nitrogen and oxygen atoms in total. The summed E-state index contributed by atoms with van der Waals surface area (Å²) in [5, 5.41) is 0. The lowest BCUT2D eigenvalue weighted by molar-refractivity contribution is -0.107. The molecular formula is C11H13NO. The maximum absolute atomic E-state index is 10.4. The van der Waals surface area contributed by atoms with Gasteiger partial charge in [-0.25, -0.2) is 0 Å². The van der Waals surface area contributed by atoms with Crippen molar-refractivity contribution < 1.29 is 4.79 Å². The molecule has 1 fully saturated rings. The van der Waals surface area contributed by atoms with Crippen LogP contribution < -0.4 is 0 Å². The zero-order valence-electron chi connectivity index (χ0n) is 7.79. The van der Waals surface area contributed by atoms with Gasteiger partial charge in [-0.15, -0.1) is 0 Å². The van der Waals surface area contributed by atoms with E-state index in [0.717, 1.165) is 17.5 Å². The average Bonchev–Trinajstić information content (AvgIpc) is 2.91. The van der Waals surface area contributed by atoms with Crippen LogP contribution in [0.2, 0.25) is 0 Å². The Bertz CT molecular complexity index is 329. The van der Waals surface area contributed by atoms with Gasteiger partial charge >= 0.3 is 0 Å². The fourth-order valence-electron chi connectivity index (χ4n) is 1.64. The van der Waals surface area contributed by atoms with E-state index in [9.17, 15) is 4.79 Å². The van der Waals surface area contributed by atoms with Crippen molar-refractivity contribution in [3.63, 3.8) is 0 Å². The highest BCUT2D eigenvalue weighted by Gasteiger charge is 2.25. The summed E-state index contributed by atoms with van der Waals surface area (Å²) in [6, 6.07) is 2.12. The molecular weight excluding hydrogens is 162 g/mol. The first-order chi connectivity index (χ1) is 6.31. The Labute approximate surface area is 78.0 Å². The van der Waals surface area contributed by atoms with Crippen LogP contribution in [0.15, 0.2) is 12.3 Å². The van der Waals surface area contributed by atoms with E-state index in [2.05, 4.69) is 11.1 Å². The van der Waals surface area contributed by atoms with Gasteiger partial charge in [0.1, 0.15) is 6.29 Å². The second-order valence-electron chi connectivity index (χ2n) is 3.67. The smallest absolute Gasteiger partial charge is 0.124 e. The first kappa shape index (κ1) is 8.42. The molecule has 0 spiro atoms. The van der Waals surface area contributed by atoms with Crippen LogP contribution in [0, 0.1) is 6.92 Å². The molecule has 68 valence electrons. The van der Waals surface area contributed by atoms with E-state index < -0.39 is 0 Å². The third-order valence-electron chi connectivity index (χ3n) is 2.48. The Morgan fingerprint density at radius 2 is 2.38 bits per heavy atom. The van der Waals surface area contributed by atoms with Gasteiger partial charge in [0.25, 0.3) is 0 Å². The first-order valence-electron chi connectivity index (χ1n) is 4.70. The first-order valence-corrected chi connectivity index (χ1v) is 4.70. The summed E-state index contributed by atoms with van der Waals surface area (Å²) in [5.74, 6) is 0.705. The maximum atomic E-state index is 10.4. The van der Waals surface area contributed by atoms with Gasteiger partial charge in [0.15, 0.2) is 0 Å². The van der Waals surface area contributed by atoms with Crippen LogP contribution in [-0.2, 0) is 11.2 Å². The topological polar surface area (TPSA) is 30.0 Å². The molecule has 13 heavy (non-hydrogen) atoms. The Hall–Kier alpha value is -1.18. The molecule has 2 heteroatoms. The molecule has 1 heterocycles. The fourth-order valence-corrected chi connectivity index (χ4v) is 1.64. The van der Waals surface area contributed by atoms with Crippen LogP contribution in [0.4, 0.5) is 0 Å². The summed E-state index contributed by atoms with van der Waals surface area (Å²) in [6.45, 7) is 2.00. The van der Waals surface area contributed by atoms with Crippen molar-refractivity contribution in [2.24, 2.45) is 0 Å². The molecule has 1 aliphatic carbocycles. The summed E-state index contributed by atoms with van der Waals surface area (Å²) in [4.78, 5) is 14.6. The van der Waals surface area contributed by atoms with E-state index in [1.54, 1.807) is 0 Å². The van der Waals surface area contributed by atoms with E-state index in [1.807, 2.05) is 13.1 Å².